The predicted octanol–water partition coefficient (Wildman–Crippen LogP) is 5.52. The molecule has 6 nitrogen and oxygen atoms in total. The summed E-state index contributed by atoms with van der Waals surface area (Å²) >= 11 is 3.48. The minimum Gasteiger partial charge on any atom is -0.294 e. The number of carbonyl (C=O) groups excluding carboxylic acids is 2. The maximum Gasteiger partial charge on any atom is 0.269 e. The Hall–Kier alpha value is -2.80. The molecule has 1 amide bonds. The number of hydrogen-bond donors (Lipinski definition) is 0. The van der Waals surface area contributed by atoms with Crippen molar-refractivity contribution in [3.63, 3.8) is 0 Å². The first-order chi connectivity index (χ1) is 14.2. The fourth-order valence-electron chi connectivity index (χ4n) is 4.45. The van der Waals surface area contributed by atoms with E-state index in [1.54, 1.807) is 17.0 Å². The monoisotopic (exact) mass is 468 g/mol. The van der Waals surface area contributed by atoms with Crippen LogP contribution < -0.4 is 4.90 Å². The second-order valence-corrected chi connectivity index (χ2v) is 9.53. The average Bonchev–Trinajstić information content (AvgIpc) is 2.66. The number of non-ortho nitro benzene ring substituents is 1. The molecular weight excluding hydrogens is 448 g/mol. The van der Waals surface area contributed by atoms with Gasteiger partial charge in [0.2, 0.25) is 5.91 Å². The third-order valence-electron chi connectivity index (χ3n) is 5.71. The lowest BCUT2D eigenvalue weighted by atomic mass is 9.69. The highest BCUT2D eigenvalue weighted by molar-refractivity contribution is 9.10. The Balaban J connectivity index is 1.87. The number of benzene rings is 2. The van der Waals surface area contributed by atoms with Crippen LogP contribution in [0.4, 0.5) is 11.4 Å². The van der Waals surface area contributed by atoms with Crippen molar-refractivity contribution in [2.75, 3.05) is 4.90 Å². The van der Waals surface area contributed by atoms with Crippen LogP contribution in [0.15, 0.2) is 64.3 Å². The molecule has 2 aromatic rings. The van der Waals surface area contributed by atoms with Crippen molar-refractivity contribution >= 4 is 39.0 Å². The summed E-state index contributed by atoms with van der Waals surface area (Å²) < 4.78 is 0.899. The highest BCUT2D eigenvalue weighted by atomic mass is 79.9. The highest BCUT2D eigenvalue weighted by Gasteiger charge is 2.44. The molecule has 154 valence electrons. The molecule has 0 spiro atoms. The molecule has 1 atom stereocenters. The summed E-state index contributed by atoms with van der Waals surface area (Å²) in [6, 6.07) is 13.7. The first-order valence-corrected chi connectivity index (χ1v) is 10.5. The fourth-order valence-corrected chi connectivity index (χ4v) is 4.86. The fraction of sp³-hybridized carbons (Fsp3) is 0.304. The third kappa shape index (κ3) is 3.69. The molecule has 30 heavy (non-hydrogen) atoms. The third-order valence-corrected chi connectivity index (χ3v) is 6.21. The number of anilines is 1. The summed E-state index contributed by atoms with van der Waals surface area (Å²) in [5, 5.41) is 11.0. The Bertz CT molecular complexity index is 1090. The minimum absolute atomic E-state index is 0.0375. The molecule has 7 heteroatoms. The Morgan fingerprint density at radius 1 is 1.10 bits per heavy atom. The van der Waals surface area contributed by atoms with Gasteiger partial charge in [0.25, 0.3) is 5.69 Å². The number of halogens is 1. The van der Waals surface area contributed by atoms with Crippen LogP contribution in [0.25, 0.3) is 0 Å². The van der Waals surface area contributed by atoms with Crippen molar-refractivity contribution in [3.05, 3.63) is 80.0 Å². The van der Waals surface area contributed by atoms with Crippen LogP contribution in [-0.4, -0.2) is 16.6 Å². The van der Waals surface area contributed by atoms with Crippen molar-refractivity contribution in [1.29, 1.82) is 0 Å². The number of nitro groups is 1. The number of Topliss-reactive ketones (excluding diaryl/α,β-unsaturated/α-hetero) is 1. The number of amides is 1. The normalized spacial score (nSPS) is 20.9. The Morgan fingerprint density at radius 2 is 1.80 bits per heavy atom. The second kappa shape index (κ2) is 7.47. The van der Waals surface area contributed by atoms with Gasteiger partial charge in [-0.05, 0) is 41.7 Å². The number of nitro benzene ring substituents is 1. The van der Waals surface area contributed by atoms with Gasteiger partial charge in [0.15, 0.2) is 5.78 Å². The Morgan fingerprint density at radius 3 is 2.43 bits per heavy atom. The molecule has 0 bridgehead atoms. The molecule has 0 saturated heterocycles. The first kappa shape index (κ1) is 20.5. The molecule has 0 fully saturated rings. The lowest BCUT2D eigenvalue weighted by molar-refractivity contribution is -0.384. The van der Waals surface area contributed by atoms with Crippen molar-refractivity contribution in [2.24, 2.45) is 5.41 Å². The van der Waals surface area contributed by atoms with Gasteiger partial charge in [-0.2, -0.15) is 0 Å². The quantitative estimate of drug-likeness (QED) is 0.438. The topological polar surface area (TPSA) is 80.5 Å². The number of ketones is 1. The van der Waals surface area contributed by atoms with Gasteiger partial charge in [0.1, 0.15) is 0 Å². The summed E-state index contributed by atoms with van der Waals surface area (Å²) in [5.41, 5.74) is 2.58. The van der Waals surface area contributed by atoms with Crippen LogP contribution in [-0.2, 0) is 9.59 Å². The summed E-state index contributed by atoms with van der Waals surface area (Å²) in [6.07, 6.45) is 1.19. The van der Waals surface area contributed by atoms with Gasteiger partial charge in [-0.3, -0.25) is 24.6 Å². The van der Waals surface area contributed by atoms with Crippen LogP contribution in [0.3, 0.4) is 0 Å². The first-order valence-electron chi connectivity index (χ1n) is 9.75. The summed E-state index contributed by atoms with van der Waals surface area (Å²) in [4.78, 5) is 38.7. The van der Waals surface area contributed by atoms with Gasteiger partial charge < -0.3 is 0 Å². The molecule has 2 aromatic carbocycles. The van der Waals surface area contributed by atoms with Gasteiger partial charge in [0.05, 0.1) is 4.92 Å². The van der Waals surface area contributed by atoms with Crippen LogP contribution in [0.1, 0.15) is 44.6 Å². The van der Waals surface area contributed by atoms with Gasteiger partial charge in [-0.25, -0.2) is 0 Å². The molecule has 4 rings (SSSR count). The second-order valence-electron chi connectivity index (χ2n) is 8.62. The minimum atomic E-state index is -0.469. The number of nitrogens with zero attached hydrogens (tertiary/aromatic N) is 2. The summed E-state index contributed by atoms with van der Waals surface area (Å²) in [5.74, 6) is -0.341. The summed E-state index contributed by atoms with van der Waals surface area (Å²) in [7, 11) is 0. The molecule has 1 unspecified atom stereocenters. The van der Waals surface area contributed by atoms with Crippen molar-refractivity contribution in [1.82, 2.24) is 0 Å². The molecule has 0 N–H and O–H groups in total. The summed E-state index contributed by atoms with van der Waals surface area (Å²) in [6.45, 7) is 4.05. The Labute approximate surface area is 182 Å². The van der Waals surface area contributed by atoms with E-state index >= 15 is 0 Å². The Kier molecular flexibility index (Phi) is 5.10. The molecule has 1 aliphatic heterocycles. The van der Waals surface area contributed by atoms with Crippen LogP contribution in [0.5, 0.6) is 0 Å². The van der Waals surface area contributed by atoms with Gasteiger partial charge in [-0.15, -0.1) is 0 Å². The van der Waals surface area contributed by atoms with Crippen molar-refractivity contribution < 1.29 is 14.5 Å². The molecule has 2 aliphatic rings. The largest absolute Gasteiger partial charge is 0.294 e. The van der Waals surface area contributed by atoms with E-state index in [4.69, 9.17) is 0 Å². The number of hydrogen-bond acceptors (Lipinski definition) is 4. The van der Waals surface area contributed by atoms with E-state index in [-0.39, 0.29) is 35.1 Å². The van der Waals surface area contributed by atoms with E-state index in [1.807, 2.05) is 38.1 Å². The van der Waals surface area contributed by atoms with Crippen LogP contribution in [0, 0.1) is 15.5 Å². The van der Waals surface area contributed by atoms with Gasteiger partial charge in [0, 0.05) is 52.3 Å². The zero-order valence-electron chi connectivity index (χ0n) is 16.7. The zero-order chi connectivity index (χ0) is 21.6. The van der Waals surface area contributed by atoms with Crippen molar-refractivity contribution in [2.45, 2.75) is 39.0 Å². The maximum absolute atomic E-state index is 13.3. The van der Waals surface area contributed by atoms with E-state index in [9.17, 15) is 19.7 Å². The maximum atomic E-state index is 13.3. The van der Waals surface area contributed by atoms with E-state index in [2.05, 4.69) is 15.9 Å². The molecule has 0 aromatic heterocycles. The van der Waals surface area contributed by atoms with Gasteiger partial charge >= 0.3 is 0 Å². The SMILES string of the molecule is CC1(C)CC(=O)C2=C(C1)N(c1ccc([N+](=O)[O-])cc1)C(=O)CC2c1cccc(Br)c1. The van der Waals surface area contributed by atoms with E-state index in [0.717, 1.165) is 10.0 Å². The van der Waals surface area contributed by atoms with Gasteiger partial charge in [-0.1, -0.05) is 41.9 Å². The van der Waals surface area contributed by atoms with E-state index in [0.29, 0.717) is 29.8 Å². The predicted molar refractivity (Wildman–Crippen MR) is 117 cm³/mol. The molecule has 1 aliphatic carbocycles. The number of allylic oxidation sites excluding steroid dienone is 2. The van der Waals surface area contributed by atoms with Crippen molar-refractivity contribution in [3.8, 4) is 0 Å². The molecule has 0 saturated carbocycles. The average molecular weight is 469 g/mol. The molecule has 1 heterocycles. The highest BCUT2D eigenvalue weighted by Crippen LogP contribution is 2.48. The zero-order valence-corrected chi connectivity index (χ0v) is 18.3. The number of carbonyl (C=O) groups is 2. The number of rotatable bonds is 3. The smallest absolute Gasteiger partial charge is 0.269 e. The lowest BCUT2D eigenvalue weighted by Crippen LogP contribution is -2.43. The van der Waals surface area contributed by atoms with Crippen LogP contribution in [0.2, 0.25) is 0 Å². The van der Waals surface area contributed by atoms with Crippen LogP contribution >= 0.6 is 15.9 Å². The van der Waals surface area contributed by atoms with E-state index in [1.165, 1.54) is 12.1 Å². The molecular formula is C23H21BrN2O4. The van der Waals surface area contributed by atoms with E-state index < -0.39 is 4.92 Å². The standard InChI is InChI=1S/C23H21BrN2O4/c1-23(2)12-19-22(20(27)13-23)18(14-4-3-5-15(24)10-14)11-21(28)25(19)16-6-8-17(9-7-16)26(29)30/h3-10,18H,11-13H2,1-2H3. The molecule has 0 radical (unpaired) electrons. The lowest BCUT2D eigenvalue weighted by Gasteiger charge is -2.43.